The van der Waals surface area contributed by atoms with Crippen LogP contribution in [0.5, 0.6) is 0 Å². The van der Waals surface area contributed by atoms with Gasteiger partial charge in [-0.25, -0.2) is 0 Å². The fourth-order valence-electron chi connectivity index (χ4n) is 1.21. The van der Waals surface area contributed by atoms with Gasteiger partial charge in [0.25, 0.3) is 0 Å². The molecule has 5 nitrogen and oxygen atoms in total. The highest BCUT2D eigenvalue weighted by atomic mass is 16.4. The van der Waals surface area contributed by atoms with E-state index >= 15 is 0 Å². The second kappa shape index (κ2) is 6.21. The molecule has 1 amide bonds. The lowest BCUT2D eigenvalue weighted by atomic mass is 10.1. The highest BCUT2D eigenvalue weighted by Gasteiger charge is 2.11. The van der Waals surface area contributed by atoms with Gasteiger partial charge in [0.2, 0.25) is 5.91 Å². The molecule has 1 aromatic carbocycles. The Labute approximate surface area is 104 Å². The fourth-order valence-corrected chi connectivity index (χ4v) is 1.21. The summed E-state index contributed by atoms with van der Waals surface area (Å²) in [6.45, 7) is 1.38. The predicted octanol–water partition coefficient (Wildman–Crippen LogP) is 1.16. The molecule has 0 fully saturated rings. The van der Waals surface area contributed by atoms with Crippen molar-refractivity contribution in [3.05, 3.63) is 41.5 Å². The van der Waals surface area contributed by atoms with Crippen LogP contribution < -0.4 is 5.32 Å². The maximum atomic E-state index is 11.4. The minimum atomic E-state index is -1.09. The summed E-state index contributed by atoms with van der Waals surface area (Å²) >= 11 is 0. The molecule has 2 N–H and O–H groups in total. The third-order valence-electron chi connectivity index (χ3n) is 2.17. The van der Waals surface area contributed by atoms with Crippen molar-refractivity contribution >= 4 is 18.0 Å². The minimum absolute atomic E-state index is 0.493. The van der Waals surface area contributed by atoms with Crippen LogP contribution in [-0.4, -0.2) is 23.0 Å². The van der Waals surface area contributed by atoms with Crippen LogP contribution in [0.2, 0.25) is 0 Å². The number of nitriles is 1. The summed E-state index contributed by atoms with van der Waals surface area (Å²) in [5.41, 5.74) is 1.20. The molecule has 0 aliphatic heterocycles. The topological polar surface area (TPSA) is 90.2 Å². The number of hydrogen-bond donors (Lipinski definition) is 2. The first-order valence-corrected chi connectivity index (χ1v) is 5.24. The van der Waals surface area contributed by atoms with E-state index in [1.54, 1.807) is 24.3 Å². The van der Waals surface area contributed by atoms with E-state index < -0.39 is 17.9 Å². The number of aliphatic carboxylic acids is 1. The number of carbonyl (C=O) groups excluding carboxylic acids is 1. The van der Waals surface area contributed by atoms with Crippen LogP contribution in [0.15, 0.2) is 30.3 Å². The van der Waals surface area contributed by atoms with E-state index in [-0.39, 0.29) is 0 Å². The number of nitrogens with one attached hydrogen (secondary N) is 1. The maximum Gasteiger partial charge on any atom is 0.325 e. The van der Waals surface area contributed by atoms with E-state index in [1.165, 1.54) is 19.1 Å². The molecule has 1 aromatic rings. The van der Waals surface area contributed by atoms with Crippen LogP contribution in [-0.2, 0) is 9.59 Å². The summed E-state index contributed by atoms with van der Waals surface area (Å²) in [4.78, 5) is 21.9. The van der Waals surface area contributed by atoms with Crippen molar-refractivity contribution in [2.45, 2.75) is 13.0 Å². The first-order valence-electron chi connectivity index (χ1n) is 5.24. The number of carboxylic acids is 1. The van der Waals surface area contributed by atoms with Gasteiger partial charge >= 0.3 is 5.97 Å². The fraction of sp³-hybridized carbons (Fsp3) is 0.154. The van der Waals surface area contributed by atoms with Gasteiger partial charge in [-0.3, -0.25) is 9.59 Å². The average molecular weight is 244 g/mol. The Kier molecular flexibility index (Phi) is 4.64. The molecule has 0 radical (unpaired) electrons. The van der Waals surface area contributed by atoms with Crippen molar-refractivity contribution in [2.75, 3.05) is 0 Å². The molecule has 0 spiro atoms. The second-order valence-corrected chi connectivity index (χ2v) is 3.64. The number of benzene rings is 1. The van der Waals surface area contributed by atoms with Crippen molar-refractivity contribution in [2.24, 2.45) is 0 Å². The normalized spacial score (nSPS) is 11.8. The molecule has 0 saturated carbocycles. The maximum absolute atomic E-state index is 11.4. The van der Waals surface area contributed by atoms with E-state index in [0.717, 1.165) is 0 Å². The van der Waals surface area contributed by atoms with Gasteiger partial charge in [-0.1, -0.05) is 12.1 Å². The highest BCUT2D eigenvalue weighted by Crippen LogP contribution is 2.05. The Morgan fingerprint density at radius 1 is 1.50 bits per heavy atom. The molecule has 0 saturated heterocycles. The number of carboxylic acid groups (broad SMARTS) is 1. The zero-order valence-corrected chi connectivity index (χ0v) is 9.75. The summed E-state index contributed by atoms with van der Waals surface area (Å²) in [6.07, 6.45) is 2.75. The van der Waals surface area contributed by atoms with Gasteiger partial charge < -0.3 is 10.4 Å². The number of carbonyl (C=O) groups is 2. The lowest BCUT2D eigenvalue weighted by Gasteiger charge is -2.05. The molecule has 92 valence electrons. The van der Waals surface area contributed by atoms with Gasteiger partial charge in [0.05, 0.1) is 11.6 Å². The van der Waals surface area contributed by atoms with E-state index in [1.807, 2.05) is 6.07 Å². The van der Waals surface area contributed by atoms with Gasteiger partial charge in [0, 0.05) is 6.08 Å². The predicted molar refractivity (Wildman–Crippen MR) is 65.4 cm³/mol. The second-order valence-electron chi connectivity index (χ2n) is 3.64. The molecule has 0 bridgehead atoms. The first kappa shape index (κ1) is 13.5. The molecule has 18 heavy (non-hydrogen) atoms. The number of hydrogen-bond acceptors (Lipinski definition) is 3. The highest BCUT2D eigenvalue weighted by molar-refractivity contribution is 5.94. The van der Waals surface area contributed by atoms with E-state index in [0.29, 0.717) is 11.1 Å². The lowest BCUT2D eigenvalue weighted by Crippen LogP contribution is -2.37. The van der Waals surface area contributed by atoms with Crippen LogP contribution in [0.3, 0.4) is 0 Å². The number of amides is 1. The average Bonchev–Trinajstić information content (AvgIpc) is 2.36. The molecule has 1 unspecified atom stereocenters. The monoisotopic (exact) mass is 244 g/mol. The third kappa shape index (κ3) is 4.10. The van der Waals surface area contributed by atoms with Crippen molar-refractivity contribution in [3.8, 4) is 6.07 Å². The van der Waals surface area contributed by atoms with E-state index in [9.17, 15) is 9.59 Å². The Bertz CT molecular complexity index is 529. The van der Waals surface area contributed by atoms with Gasteiger partial charge in [0.15, 0.2) is 0 Å². The molecular formula is C13H12N2O3. The quantitative estimate of drug-likeness (QED) is 0.777. The minimum Gasteiger partial charge on any atom is -0.480 e. The molecular weight excluding hydrogens is 232 g/mol. The van der Waals surface area contributed by atoms with Crippen molar-refractivity contribution in [1.29, 1.82) is 5.26 Å². The number of rotatable bonds is 4. The van der Waals surface area contributed by atoms with E-state index in [2.05, 4.69) is 5.32 Å². The number of nitrogens with zero attached hydrogens (tertiary/aromatic N) is 1. The van der Waals surface area contributed by atoms with Crippen LogP contribution in [0.1, 0.15) is 18.1 Å². The van der Waals surface area contributed by atoms with Crippen molar-refractivity contribution in [1.82, 2.24) is 5.32 Å². The van der Waals surface area contributed by atoms with Crippen molar-refractivity contribution in [3.63, 3.8) is 0 Å². The zero-order valence-electron chi connectivity index (χ0n) is 9.75. The van der Waals surface area contributed by atoms with Crippen LogP contribution in [0, 0.1) is 11.3 Å². The molecule has 0 aliphatic rings. The zero-order chi connectivity index (χ0) is 13.5. The van der Waals surface area contributed by atoms with Gasteiger partial charge in [-0.2, -0.15) is 5.26 Å². The standard InChI is InChI=1S/C13H12N2O3/c1-9(13(17)18)15-12(16)6-5-10-3-2-4-11(7-10)8-14/h2-7,9H,1H3,(H,15,16)(H,17,18)/b6-5+. The van der Waals surface area contributed by atoms with Crippen LogP contribution in [0.4, 0.5) is 0 Å². The summed E-state index contributed by atoms with van der Waals surface area (Å²) in [6, 6.07) is 7.78. The third-order valence-corrected chi connectivity index (χ3v) is 2.17. The smallest absolute Gasteiger partial charge is 0.325 e. The summed E-state index contributed by atoms with van der Waals surface area (Å²) in [5.74, 6) is -1.59. The van der Waals surface area contributed by atoms with Crippen LogP contribution >= 0.6 is 0 Å². The molecule has 0 aromatic heterocycles. The van der Waals surface area contributed by atoms with E-state index in [4.69, 9.17) is 10.4 Å². The van der Waals surface area contributed by atoms with Gasteiger partial charge in [-0.05, 0) is 30.7 Å². The van der Waals surface area contributed by atoms with Gasteiger partial charge in [0.1, 0.15) is 6.04 Å². The molecule has 1 rings (SSSR count). The summed E-state index contributed by atoms with van der Waals surface area (Å²) in [5, 5.41) is 19.6. The molecule has 1 atom stereocenters. The molecule has 0 aliphatic carbocycles. The van der Waals surface area contributed by atoms with Crippen molar-refractivity contribution < 1.29 is 14.7 Å². The Hall–Kier alpha value is -2.61. The SMILES string of the molecule is CC(NC(=O)/C=C/c1cccc(C#N)c1)C(=O)O. The largest absolute Gasteiger partial charge is 0.480 e. The lowest BCUT2D eigenvalue weighted by molar-refractivity contribution is -0.140. The first-order chi connectivity index (χ1) is 8.52. The summed E-state index contributed by atoms with van der Waals surface area (Å²) in [7, 11) is 0. The Morgan fingerprint density at radius 2 is 2.22 bits per heavy atom. The van der Waals surface area contributed by atoms with Crippen LogP contribution in [0.25, 0.3) is 6.08 Å². The summed E-state index contributed by atoms with van der Waals surface area (Å²) < 4.78 is 0. The molecule has 0 heterocycles. The molecule has 5 heteroatoms. The van der Waals surface area contributed by atoms with Gasteiger partial charge in [-0.15, -0.1) is 0 Å². The Balaban J connectivity index is 2.66. The Morgan fingerprint density at radius 3 is 2.83 bits per heavy atom.